The molecule has 0 radical (unpaired) electrons. The number of thioether (sulfide) groups is 1. The molecule has 4 rings (SSSR count). The maximum absolute atomic E-state index is 13.4. The molecule has 0 spiro atoms. The van der Waals surface area contributed by atoms with Crippen LogP contribution < -0.4 is 9.21 Å². The summed E-state index contributed by atoms with van der Waals surface area (Å²) in [5.74, 6) is -0.0265. The predicted octanol–water partition coefficient (Wildman–Crippen LogP) is 3.93. The monoisotopic (exact) mass is 416 g/mol. The number of hydrogen-bond donors (Lipinski definition) is 0. The van der Waals surface area contributed by atoms with Gasteiger partial charge in [-0.05, 0) is 55.2 Å². The van der Waals surface area contributed by atoms with E-state index >= 15 is 0 Å². The normalized spacial score (nSPS) is 19.6. The van der Waals surface area contributed by atoms with Crippen LogP contribution in [0.25, 0.3) is 0 Å². The number of carbonyl (C=O) groups excluding carboxylic acids is 1. The lowest BCUT2D eigenvalue weighted by atomic mass is 10.00. The number of fused-ring (bicyclic) bond motifs is 2. The zero-order valence-corrected chi connectivity index (χ0v) is 17.7. The molecule has 0 saturated carbocycles. The zero-order chi connectivity index (χ0) is 19.9. The molecule has 2 aliphatic rings. The van der Waals surface area contributed by atoms with E-state index in [2.05, 4.69) is 13.0 Å². The molecule has 0 saturated heterocycles. The standard InChI is InChI=1S/C21H24N2O3S2/c1-15-11-13-22(19-7-3-4-8-20(19)27-15)21(24)17-9-10-18-16(14-17)6-5-12-23(18)28(2,25)26/h3-4,7-10,14-15H,5-6,11-13H2,1-2H3/t15-/m1/s1. The maximum atomic E-state index is 13.4. The highest BCUT2D eigenvalue weighted by Gasteiger charge is 2.28. The van der Waals surface area contributed by atoms with Crippen molar-refractivity contribution >= 4 is 39.1 Å². The lowest BCUT2D eigenvalue weighted by Gasteiger charge is -2.30. The second-order valence-electron chi connectivity index (χ2n) is 7.42. The molecule has 0 unspecified atom stereocenters. The summed E-state index contributed by atoms with van der Waals surface area (Å²) in [6, 6.07) is 13.5. The first-order valence-corrected chi connectivity index (χ1v) is 12.3. The van der Waals surface area contributed by atoms with Crippen molar-refractivity contribution in [1.82, 2.24) is 0 Å². The third kappa shape index (κ3) is 3.65. The lowest BCUT2D eigenvalue weighted by Crippen LogP contribution is -2.35. The zero-order valence-electron chi connectivity index (χ0n) is 16.1. The molecule has 0 aromatic heterocycles. The van der Waals surface area contributed by atoms with Gasteiger partial charge in [0.05, 0.1) is 17.6 Å². The molecule has 1 atom stereocenters. The Labute approximate surface area is 170 Å². The molecular formula is C21H24N2O3S2. The minimum absolute atomic E-state index is 0.0265. The van der Waals surface area contributed by atoms with Crippen LogP contribution in [0, 0.1) is 0 Å². The van der Waals surface area contributed by atoms with Crippen LogP contribution >= 0.6 is 11.8 Å². The molecule has 28 heavy (non-hydrogen) atoms. The Morgan fingerprint density at radius 3 is 2.68 bits per heavy atom. The summed E-state index contributed by atoms with van der Waals surface area (Å²) >= 11 is 1.81. The number of rotatable bonds is 2. The fourth-order valence-electron chi connectivity index (χ4n) is 3.89. The Morgan fingerprint density at radius 1 is 1.11 bits per heavy atom. The molecule has 1 amide bonds. The highest BCUT2D eigenvalue weighted by atomic mass is 32.2. The summed E-state index contributed by atoms with van der Waals surface area (Å²) < 4.78 is 25.6. The van der Waals surface area contributed by atoms with Gasteiger partial charge in [0, 0.05) is 28.8 Å². The third-order valence-electron chi connectivity index (χ3n) is 5.29. The fourth-order valence-corrected chi connectivity index (χ4v) is 6.00. The second-order valence-corrected chi connectivity index (χ2v) is 10.8. The maximum Gasteiger partial charge on any atom is 0.258 e. The molecule has 0 fully saturated rings. The Hall–Kier alpha value is -1.99. The summed E-state index contributed by atoms with van der Waals surface area (Å²) in [6.07, 6.45) is 3.70. The Morgan fingerprint density at radius 2 is 1.89 bits per heavy atom. The minimum Gasteiger partial charge on any atom is -0.307 e. The molecule has 2 aliphatic heterocycles. The highest BCUT2D eigenvalue weighted by Crippen LogP contribution is 2.38. The first-order chi connectivity index (χ1) is 13.3. The Balaban J connectivity index is 1.70. The number of amides is 1. The molecule has 5 nitrogen and oxygen atoms in total. The van der Waals surface area contributed by atoms with Gasteiger partial charge >= 0.3 is 0 Å². The quantitative estimate of drug-likeness (QED) is 0.744. The van der Waals surface area contributed by atoms with Crippen molar-refractivity contribution in [2.45, 2.75) is 36.3 Å². The van der Waals surface area contributed by atoms with E-state index < -0.39 is 10.0 Å². The molecule has 148 valence electrons. The van der Waals surface area contributed by atoms with Crippen LogP contribution in [0.1, 0.15) is 35.7 Å². The predicted molar refractivity (Wildman–Crippen MR) is 115 cm³/mol. The van der Waals surface area contributed by atoms with Crippen LogP contribution in [-0.4, -0.2) is 38.9 Å². The second kappa shape index (κ2) is 7.44. The van der Waals surface area contributed by atoms with Crippen molar-refractivity contribution in [3.63, 3.8) is 0 Å². The van der Waals surface area contributed by atoms with Gasteiger partial charge in [0.15, 0.2) is 0 Å². The van der Waals surface area contributed by atoms with Crippen molar-refractivity contribution in [3.8, 4) is 0 Å². The molecule has 0 N–H and O–H groups in total. The van der Waals surface area contributed by atoms with Crippen LogP contribution in [-0.2, 0) is 16.4 Å². The highest BCUT2D eigenvalue weighted by molar-refractivity contribution is 8.00. The van der Waals surface area contributed by atoms with Crippen molar-refractivity contribution < 1.29 is 13.2 Å². The first-order valence-electron chi connectivity index (χ1n) is 9.53. The Kier molecular flexibility index (Phi) is 5.14. The van der Waals surface area contributed by atoms with Crippen LogP contribution in [0.3, 0.4) is 0 Å². The van der Waals surface area contributed by atoms with Gasteiger partial charge in [-0.1, -0.05) is 19.1 Å². The van der Waals surface area contributed by atoms with E-state index in [9.17, 15) is 13.2 Å². The van der Waals surface area contributed by atoms with Crippen molar-refractivity contribution in [1.29, 1.82) is 0 Å². The van der Waals surface area contributed by atoms with Crippen molar-refractivity contribution in [2.75, 3.05) is 28.6 Å². The van der Waals surface area contributed by atoms with Gasteiger partial charge in [0.25, 0.3) is 5.91 Å². The number of benzene rings is 2. The summed E-state index contributed by atoms with van der Waals surface area (Å²) in [5.41, 5.74) is 3.19. The van der Waals surface area contributed by atoms with E-state index in [1.54, 1.807) is 12.1 Å². The molecule has 0 bridgehead atoms. The van der Waals surface area contributed by atoms with Gasteiger partial charge in [0.1, 0.15) is 0 Å². The van der Waals surface area contributed by atoms with Crippen LogP contribution in [0.5, 0.6) is 0 Å². The number of hydrogen-bond acceptors (Lipinski definition) is 4. The van der Waals surface area contributed by atoms with Gasteiger partial charge in [-0.15, -0.1) is 11.8 Å². The van der Waals surface area contributed by atoms with Crippen molar-refractivity contribution in [2.24, 2.45) is 0 Å². The topological polar surface area (TPSA) is 57.7 Å². The number of carbonyl (C=O) groups is 1. The summed E-state index contributed by atoms with van der Waals surface area (Å²) in [4.78, 5) is 16.4. The van der Waals surface area contributed by atoms with Gasteiger partial charge in [-0.25, -0.2) is 8.42 Å². The summed E-state index contributed by atoms with van der Waals surface area (Å²) in [5, 5.41) is 0.450. The summed E-state index contributed by atoms with van der Waals surface area (Å²) in [7, 11) is -3.31. The molecular weight excluding hydrogens is 392 g/mol. The van der Waals surface area contributed by atoms with Gasteiger partial charge in [0.2, 0.25) is 10.0 Å². The van der Waals surface area contributed by atoms with Gasteiger partial charge < -0.3 is 4.90 Å². The molecule has 7 heteroatoms. The lowest BCUT2D eigenvalue weighted by molar-refractivity contribution is 0.0986. The fraction of sp³-hybridized carbons (Fsp3) is 0.381. The molecule has 2 heterocycles. The van der Waals surface area contributed by atoms with Crippen LogP contribution in [0.4, 0.5) is 11.4 Å². The average molecular weight is 417 g/mol. The number of nitrogens with zero attached hydrogens (tertiary/aromatic N) is 2. The molecule has 2 aromatic rings. The number of sulfonamides is 1. The summed E-state index contributed by atoms with van der Waals surface area (Å²) in [6.45, 7) is 3.36. The van der Waals surface area contributed by atoms with Crippen molar-refractivity contribution in [3.05, 3.63) is 53.6 Å². The van der Waals surface area contributed by atoms with Gasteiger partial charge in [-0.2, -0.15) is 0 Å². The largest absolute Gasteiger partial charge is 0.307 e. The minimum atomic E-state index is -3.31. The van der Waals surface area contributed by atoms with E-state index in [4.69, 9.17) is 0 Å². The van der Waals surface area contributed by atoms with E-state index in [0.717, 1.165) is 35.4 Å². The number of anilines is 2. The van der Waals surface area contributed by atoms with Gasteiger partial charge in [-0.3, -0.25) is 9.10 Å². The van der Waals surface area contributed by atoms with E-state index in [0.29, 0.717) is 29.6 Å². The number of aryl methyl sites for hydroxylation is 1. The average Bonchev–Trinajstić information content (AvgIpc) is 2.84. The smallest absolute Gasteiger partial charge is 0.258 e. The van der Waals surface area contributed by atoms with E-state index in [1.807, 2.05) is 40.9 Å². The van der Waals surface area contributed by atoms with E-state index in [1.165, 1.54) is 10.6 Å². The van der Waals surface area contributed by atoms with Crippen LogP contribution in [0.15, 0.2) is 47.4 Å². The van der Waals surface area contributed by atoms with E-state index in [-0.39, 0.29) is 5.91 Å². The first kappa shape index (κ1) is 19.3. The molecule has 2 aromatic carbocycles. The van der Waals surface area contributed by atoms with Crippen LogP contribution in [0.2, 0.25) is 0 Å². The SMILES string of the molecule is C[C@@H]1CCN(C(=O)c2ccc3c(c2)CCCN3S(C)(=O)=O)c2ccccc2S1. The Bertz CT molecular complexity index is 1020. The number of para-hydroxylation sites is 1. The molecule has 0 aliphatic carbocycles. The third-order valence-corrected chi connectivity index (χ3v) is 7.71.